The second-order valence-electron chi connectivity index (χ2n) is 12.5. The molecule has 4 aliphatic rings. The van der Waals surface area contributed by atoms with Crippen LogP contribution in [0.15, 0.2) is 53.4 Å². The largest absolute Gasteiger partial charge is 0.494 e. The highest BCUT2D eigenvalue weighted by atomic mass is 32.1. The number of nitrogens with zero attached hydrogens (tertiary/aromatic N) is 1. The Morgan fingerprint density at radius 3 is 2.73 bits per heavy atom. The van der Waals surface area contributed by atoms with Crippen molar-refractivity contribution in [1.82, 2.24) is 4.98 Å². The zero-order valence-electron chi connectivity index (χ0n) is 23.4. The number of fused-ring (bicyclic) bond motifs is 5. The molecule has 2 N–H and O–H groups in total. The lowest BCUT2D eigenvalue weighted by molar-refractivity contribution is -0.191. The average Bonchev–Trinajstić information content (AvgIpc) is 3.46. The summed E-state index contributed by atoms with van der Waals surface area (Å²) in [5, 5.41) is 17.1. The predicted octanol–water partition coefficient (Wildman–Crippen LogP) is 6.49. The lowest BCUT2D eigenvalue weighted by atomic mass is 9.45. The highest BCUT2D eigenvalue weighted by Crippen LogP contribution is 2.71. The number of allylic oxidation sites excluding steroid dienone is 4. The van der Waals surface area contributed by atoms with E-state index in [0.717, 1.165) is 17.7 Å². The number of alkyl halides is 1. The molecule has 1 aromatic carbocycles. The van der Waals surface area contributed by atoms with Crippen molar-refractivity contribution >= 4 is 28.2 Å². The van der Waals surface area contributed by atoms with Crippen LogP contribution in [-0.4, -0.2) is 40.2 Å². The maximum Gasteiger partial charge on any atom is 0.257 e. The minimum atomic E-state index is -1.83. The number of hydrogen-bond acceptors (Lipinski definition) is 6. The Morgan fingerprint density at radius 1 is 1.25 bits per heavy atom. The number of rotatable bonds is 5. The number of aliphatic hydroxyl groups excluding tert-OH is 1. The number of hydrogen-bond donors (Lipinski definition) is 2. The van der Waals surface area contributed by atoms with Gasteiger partial charge in [-0.25, -0.2) is 9.37 Å². The maximum absolute atomic E-state index is 17.4. The first-order valence-corrected chi connectivity index (χ1v) is 15.2. The van der Waals surface area contributed by atoms with E-state index >= 15 is 4.39 Å². The number of nitrogens with one attached hydrogen (secondary N) is 1. The molecular weight excluding hydrogens is 527 g/mol. The van der Waals surface area contributed by atoms with Crippen LogP contribution in [0.25, 0.3) is 0 Å². The third kappa shape index (κ3) is 3.93. The quantitative estimate of drug-likeness (QED) is 0.433. The van der Waals surface area contributed by atoms with Crippen LogP contribution in [0.3, 0.4) is 0 Å². The molecule has 0 bridgehead atoms. The van der Waals surface area contributed by atoms with Crippen molar-refractivity contribution in [3.05, 3.63) is 64.7 Å². The number of thiazole rings is 1. The van der Waals surface area contributed by atoms with Gasteiger partial charge >= 0.3 is 0 Å². The van der Waals surface area contributed by atoms with E-state index in [0.29, 0.717) is 42.3 Å². The van der Waals surface area contributed by atoms with Gasteiger partial charge in [0.05, 0.1) is 18.4 Å². The number of halogens is 1. The molecule has 0 spiro atoms. The number of anilines is 1. The van der Waals surface area contributed by atoms with Gasteiger partial charge in [-0.3, -0.25) is 14.9 Å². The van der Waals surface area contributed by atoms with Crippen LogP contribution in [-0.2, 0) is 4.79 Å². The van der Waals surface area contributed by atoms with Crippen molar-refractivity contribution in [3.63, 3.8) is 0 Å². The molecule has 40 heavy (non-hydrogen) atoms. The third-order valence-corrected chi connectivity index (χ3v) is 11.2. The van der Waals surface area contributed by atoms with Gasteiger partial charge in [0.25, 0.3) is 5.91 Å². The summed E-state index contributed by atoms with van der Waals surface area (Å²) < 4.78 is 22.8. The van der Waals surface area contributed by atoms with Gasteiger partial charge in [-0.1, -0.05) is 25.5 Å². The van der Waals surface area contributed by atoms with Gasteiger partial charge in [-0.2, -0.15) is 0 Å². The molecule has 1 heterocycles. The molecule has 8 unspecified atom stereocenters. The molecule has 6 rings (SSSR count). The SMILES string of the molecule is CCOc1ccc(C(=O)Nc2nc(C3C(C)CC4C5CCC6=CC(=O)C=CC6(C)C5(F)C(O)CC43C)cs2)cc1. The average molecular weight is 565 g/mol. The van der Waals surface area contributed by atoms with Crippen LogP contribution in [0.5, 0.6) is 5.75 Å². The molecule has 8 heteroatoms. The Kier molecular flexibility index (Phi) is 6.58. The first-order valence-electron chi connectivity index (χ1n) is 14.3. The standard InChI is InChI=1S/C32H37FN2O4S/c1-5-39-22-9-6-19(7-10-22)28(38)35-29-34-25(17-40-29)27-18(2)14-24-23-11-8-20-15-21(36)12-13-31(20,4)32(23,33)26(37)16-30(24,27)3/h6-7,9-10,12-13,15,17-18,23-24,26-27,37H,5,8,11,14,16H2,1-4H3,(H,34,35,38). The topological polar surface area (TPSA) is 88.5 Å². The van der Waals surface area contributed by atoms with E-state index in [2.05, 4.69) is 19.2 Å². The van der Waals surface area contributed by atoms with Crippen LogP contribution < -0.4 is 10.1 Å². The number of aromatic nitrogens is 1. The molecule has 212 valence electrons. The second kappa shape index (κ2) is 9.62. The fourth-order valence-electron chi connectivity index (χ4n) is 8.73. The molecule has 1 amide bonds. The van der Waals surface area contributed by atoms with E-state index in [4.69, 9.17) is 9.72 Å². The Hall–Kier alpha value is -2.84. The monoisotopic (exact) mass is 564 g/mol. The Morgan fingerprint density at radius 2 is 2.00 bits per heavy atom. The van der Waals surface area contributed by atoms with Crippen LogP contribution in [0.2, 0.25) is 0 Å². The summed E-state index contributed by atoms with van der Waals surface area (Å²) in [5.41, 5.74) is -0.925. The molecule has 3 saturated carbocycles. The van der Waals surface area contributed by atoms with E-state index < -0.39 is 17.2 Å². The molecule has 0 aliphatic heterocycles. The van der Waals surface area contributed by atoms with Gasteiger partial charge in [-0.15, -0.1) is 11.3 Å². The molecule has 6 nitrogen and oxygen atoms in total. The normalized spacial score (nSPS) is 38.2. The fourth-order valence-corrected chi connectivity index (χ4v) is 9.47. The van der Waals surface area contributed by atoms with Gasteiger partial charge in [0.2, 0.25) is 0 Å². The van der Waals surface area contributed by atoms with Crippen molar-refractivity contribution in [3.8, 4) is 5.75 Å². The lowest BCUT2D eigenvalue weighted by Crippen LogP contribution is -2.66. The molecule has 1 aromatic heterocycles. The summed E-state index contributed by atoms with van der Waals surface area (Å²) in [7, 11) is 0. The Labute approximate surface area is 238 Å². The minimum Gasteiger partial charge on any atom is -0.494 e. The second-order valence-corrected chi connectivity index (χ2v) is 13.4. The number of ether oxygens (including phenoxy) is 1. The van der Waals surface area contributed by atoms with E-state index in [9.17, 15) is 14.7 Å². The number of carbonyl (C=O) groups is 2. The van der Waals surface area contributed by atoms with Crippen molar-refractivity contribution in [1.29, 1.82) is 0 Å². The highest BCUT2D eigenvalue weighted by molar-refractivity contribution is 7.14. The van der Waals surface area contributed by atoms with Crippen LogP contribution in [0.4, 0.5) is 9.52 Å². The van der Waals surface area contributed by atoms with Crippen LogP contribution >= 0.6 is 11.3 Å². The van der Waals surface area contributed by atoms with E-state index in [-0.39, 0.29) is 40.8 Å². The van der Waals surface area contributed by atoms with Crippen molar-refractivity contribution in [2.75, 3.05) is 11.9 Å². The van der Waals surface area contributed by atoms with Gasteiger partial charge in [0.1, 0.15) is 5.75 Å². The lowest BCUT2D eigenvalue weighted by Gasteiger charge is -2.62. The van der Waals surface area contributed by atoms with Gasteiger partial charge in [-0.05, 0) is 93.2 Å². The zero-order valence-corrected chi connectivity index (χ0v) is 24.3. The maximum atomic E-state index is 17.4. The van der Waals surface area contributed by atoms with Crippen molar-refractivity contribution < 1.29 is 23.8 Å². The van der Waals surface area contributed by atoms with E-state index in [1.807, 2.05) is 19.2 Å². The first kappa shape index (κ1) is 27.3. The molecule has 3 fully saturated rings. The van der Waals surface area contributed by atoms with Gasteiger partial charge in [0.15, 0.2) is 16.6 Å². The van der Waals surface area contributed by atoms with Crippen LogP contribution in [0, 0.1) is 28.6 Å². The summed E-state index contributed by atoms with van der Waals surface area (Å²) in [6.07, 6.45) is 6.07. The van der Waals surface area contributed by atoms with Crippen molar-refractivity contribution in [2.24, 2.45) is 28.6 Å². The molecule has 4 aliphatic carbocycles. The number of amides is 1. The molecule has 0 saturated heterocycles. The number of aliphatic hydroxyl groups is 1. The predicted molar refractivity (Wildman–Crippen MR) is 153 cm³/mol. The van der Waals surface area contributed by atoms with Crippen molar-refractivity contribution in [2.45, 2.75) is 71.1 Å². The van der Waals surface area contributed by atoms with Gasteiger partial charge < -0.3 is 9.84 Å². The third-order valence-electron chi connectivity index (χ3n) is 10.5. The molecule has 8 atom stereocenters. The summed E-state index contributed by atoms with van der Waals surface area (Å²) >= 11 is 1.40. The summed E-state index contributed by atoms with van der Waals surface area (Å²) in [5.74, 6) is 0.425. The fraction of sp³-hybridized carbons (Fsp3) is 0.531. The number of carbonyl (C=O) groups excluding carboxylic acids is 2. The van der Waals surface area contributed by atoms with E-state index in [1.165, 1.54) is 17.4 Å². The zero-order chi connectivity index (χ0) is 28.4. The smallest absolute Gasteiger partial charge is 0.257 e. The number of ketones is 1. The molecule has 0 radical (unpaired) electrons. The van der Waals surface area contributed by atoms with Gasteiger partial charge in [0, 0.05) is 28.2 Å². The summed E-state index contributed by atoms with van der Waals surface area (Å²) in [6, 6.07) is 7.01. The Bertz CT molecular complexity index is 1400. The molecule has 2 aromatic rings. The number of benzene rings is 1. The van der Waals surface area contributed by atoms with E-state index in [1.54, 1.807) is 36.4 Å². The summed E-state index contributed by atoms with van der Waals surface area (Å²) in [6.45, 7) is 8.73. The first-order chi connectivity index (χ1) is 19.0. The summed E-state index contributed by atoms with van der Waals surface area (Å²) in [4.78, 5) is 29.8. The highest BCUT2D eigenvalue weighted by Gasteiger charge is 2.71. The minimum absolute atomic E-state index is 0.0392. The van der Waals surface area contributed by atoms with Crippen LogP contribution in [0.1, 0.15) is 75.3 Å². The molecular formula is C32H37FN2O4S. The Balaban J connectivity index is 1.25.